The Hall–Kier alpha value is -1.68. The predicted octanol–water partition coefficient (Wildman–Crippen LogP) is 0.0576. The van der Waals surface area contributed by atoms with Crippen LogP contribution in [0.1, 0.15) is 0 Å². The van der Waals surface area contributed by atoms with Crippen LogP contribution in [0.5, 0.6) is 0 Å². The first-order valence-electron chi connectivity index (χ1n) is 5.06. The van der Waals surface area contributed by atoms with Crippen LogP contribution in [-0.2, 0) is 11.3 Å². The van der Waals surface area contributed by atoms with Crippen LogP contribution in [0.4, 0.5) is 14.7 Å². The van der Waals surface area contributed by atoms with Crippen molar-refractivity contribution in [2.75, 3.05) is 26.8 Å². The summed E-state index contributed by atoms with van der Waals surface area (Å²) in [5, 5.41) is 16.1. The predicted molar refractivity (Wildman–Crippen MR) is 56.4 cm³/mol. The molecule has 0 bridgehead atoms. The summed E-state index contributed by atoms with van der Waals surface area (Å²) in [5.41, 5.74) is 0. The van der Waals surface area contributed by atoms with Crippen molar-refractivity contribution in [2.24, 2.45) is 0 Å². The van der Waals surface area contributed by atoms with Gasteiger partial charge in [0.25, 0.3) is 5.92 Å². The van der Waals surface area contributed by atoms with E-state index >= 15 is 0 Å². The molecule has 8 nitrogen and oxygen atoms in total. The Morgan fingerprint density at radius 1 is 1.67 bits per heavy atom. The number of alkyl halides is 2. The van der Waals surface area contributed by atoms with Crippen LogP contribution < -0.4 is 5.32 Å². The molecule has 102 valence electrons. The van der Waals surface area contributed by atoms with Gasteiger partial charge in [0.1, 0.15) is 6.54 Å². The lowest BCUT2D eigenvalue weighted by Gasteiger charge is -2.15. The average molecular weight is 265 g/mol. The highest BCUT2D eigenvalue weighted by atomic mass is 19.3. The fourth-order valence-electron chi connectivity index (χ4n) is 1.18. The molecule has 0 radical (unpaired) electrons. The SMILES string of the molecule is COCCNCC(F)(F)Cn1cnc([N+](=O)[O-])n1. The van der Waals surface area contributed by atoms with Crippen LogP contribution in [0.3, 0.4) is 0 Å². The highest BCUT2D eigenvalue weighted by molar-refractivity contribution is 4.97. The summed E-state index contributed by atoms with van der Waals surface area (Å²) in [6, 6.07) is 0. The van der Waals surface area contributed by atoms with Gasteiger partial charge in [0.2, 0.25) is 6.33 Å². The Bertz CT molecular complexity index is 398. The van der Waals surface area contributed by atoms with Crippen molar-refractivity contribution in [3.05, 3.63) is 16.4 Å². The zero-order chi connectivity index (χ0) is 13.6. The van der Waals surface area contributed by atoms with Crippen LogP contribution >= 0.6 is 0 Å². The molecule has 1 rings (SSSR count). The molecule has 0 aliphatic carbocycles. The third-order valence-corrected chi connectivity index (χ3v) is 1.95. The molecular weight excluding hydrogens is 252 g/mol. The zero-order valence-electron chi connectivity index (χ0n) is 9.68. The molecule has 0 atom stereocenters. The van der Waals surface area contributed by atoms with E-state index in [-0.39, 0.29) is 0 Å². The topological polar surface area (TPSA) is 95.1 Å². The van der Waals surface area contributed by atoms with Gasteiger partial charge in [-0.2, -0.15) is 4.68 Å². The fraction of sp³-hybridized carbons (Fsp3) is 0.750. The summed E-state index contributed by atoms with van der Waals surface area (Å²) < 4.78 is 32.2. The summed E-state index contributed by atoms with van der Waals surface area (Å²) in [5.74, 6) is -3.77. The summed E-state index contributed by atoms with van der Waals surface area (Å²) in [7, 11) is 1.47. The molecule has 0 unspecified atom stereocenters. The maximum absolute atomic E-state index is 13.4. The van der Waals surface area contributed by atoms with Gasteiger partial charge in [-0.25, -0.2) is 8.78 Å². The minimum atomic E-state index is -3.07. The Morgan fingerprint density at radius 3 is 2.94 bits per heavy atom. The Labute approximate surface area is 101 Å². The molecule has 0 aliphatic rings. The van der Waals surface area contributed by atoms with Crippen molar-refractivity contribution >= 4 is 5.95 Å². The number of nitrogens with zero attached hydrogens (tertiary/aromatic N) is 4. The van der Waals surface area contributed by atoms with Crippen LogP contribution in [0.15, 0.2) is 6.33 Å². The summed E-state index contributed by atoms with van der Waals surface area (Å²) >= 11 is 0. The number of hydrogen-bond acceptors (Lipinski definition) is 6. The smallest absolute Gasteiger partial charge is 0.390 e. The minimum Gasteiger partial charge on any atom is -0.390 e. The minimum absolute atomic E-state index is 0.295. The molecule has 10 heteroatoms. The van der Waals surface area contributed by atoms with Crippen molar-refractivity contribution in [3.8, 4) is 0 Å². The van der Waals surface area contributed by atoms with Gasteiger partial charge in [-0.05, 0) is 4.92 Å². The van der Waals surface area contributed by atoms with Crippen LogP contribution in [0.2, 0.25) is 0 Å². The van der Waals surface area contributed by atoms with E-state index in [1.165, 1.54) is 7.11 Å². The van der Waals surface area contributed by atoms with E-state index < -0.39 is 29.9 Å². The molecule has 0 aromatic carbocycles. The third-order valence-electron chi connectivity index (χ3n) is 1.95. The molecule has 1 aromatic heterocycles. The van der Waals surface area contributed by atoms with Crippen LogP contribution in [0.25, 0.3) is 0 Å². The number of halogens is 2. The van der Waals surface area contributed by atoms with Gasteiger partial charge in [-0.15, -0.1) is 0 Å². The largest absolute Gasteiger partial charge is 0.490 e. The van der Waals surface area contributed by atoms with Gasteiger partial charge >= 0.3 is 5.95 Å². The number of rotatable bonds is 8. The molecule has 0 saturated heterocycles. The van der Waals surface area contributed by atoms with Gasteiger partial charge in [0, 0.05) is 18.8 Å². The monoisotopic (exact) mass is 265 g/mol. The summed E-state index contributed by atoms with van der Waals surface area (Å²) in [6.07, 6.45) is 0.904. The van der Waals surface area contributed by atoms with Gasteiger partial charge in [0.15, 0.2) is 0 Å². The molecule has 0 aliphatic heterocycles. The van der Waals surface area contributed by atoms with E-state index in [1.807, 2.05) is 0 Å². The lowest BCUT2D eigenvalue weighted by molar-refractivity contribution is -0.394. The quantitative estimate of drug-likeness (QED) is 0.405. The maximum atomic E-state index is 13.4. The first-order valence-corrected chi connectivity index (χ1v) is 5.06. The van der Waals surface area contributed by atoms with E-state index in [0.29, 0.717) is 13.2 Å². The number of aromatic nitrogens is 3. The normalized spacial score (nSPS) is 11.7. The van der Waals surface area contributed by atoms with Crippen LogP contribution in [-0.4, -0.2) is 52.4 Å². The number of hydrogen-bond donors (Lipinski definition) is 1. The van der Waals surface area contributed by atoms with E-state index in [9.17, 15) is 18.9 Å². The fourth-order valence-corrected chi connectivity index (χ4v) is 1.18. The van der Waals surface area contributed by atoms with E-state index in [1.54, 1.807) is 0 Å². The number of methoxy groups -OCH3 is 1. The molecule has 1 heterocycles. The van der Waals surface area contributed by atoms with Crippen molar-refractivity contribution in [1.82, 2.24) is 20.1 Å². The van der Waals surface area contributed by atoms with Crippen molar-refractivity contribution in [3.63, 3.8) is 0 Å². The van der Waals surface area contributed by atoms with Crippen molar-refractivity contribution < 1.29 is 18.4 Å². The molecule has 0 fully saturated rings. The molecule has 18 heavy (non-hydrogen) atoms. The Morgan fingerprint density at radius 2 is 2.39 bits per heavy atom. The lowest BCUT2D eigenvalue weighted by Crippen LogP contribution is -2.38. The maximum Gasteiger partial charge on any atom is 0.490 e. The van der Waals surface area contributed by atoms with E-state index in [4.69, 9.17) is 4.74 Å². The van der Waals surface area contributed by atoms with Gasteiger partial charge in [-0.3, -0.25) is 0 Å². The molecule has 0 saturated carbocycles. The lowest BCUT2D eigenvalue weighted by atomic mass is 10.3. The molecule has 0 spiro atoms. The first kappa shape index (κ1) is 14.4. The van der Waals surface area contributed by atoms with E-state index in [2.05, 4.69) is 15.4 Å². The van der Waals surface area contributed by atoms with Gasteiger partial charge in [0.05, 0.1) is 13.2 Å². The van der Waals surface area contributed by atoms with Crippen LogP contribution in [0, 0.1) is 10.1 Å². The molecule has 1 aromatic rings. The zero-order valence-corrected chi connectivity index (χ0v) is 9.68. The molecule has 0 amide bonds. The van der Waals surface area contributed by atoms with Gasteiger partial charge in [-0.1, -0.05) is 4.98 Å². The average Bonchev–Trinajstić information content (AvgIpc) is 2.72. The summed E-state index contributed by atoms with van der Waals surface area (Å²) in [4.78, 5) is 12.7. The van der Waals surface area contributed by atoms with Gasteiger partial charge < -0.3 is 20.2 Å². The summed E-state index contributed by atoms with van der Waals surface area (Å²) in [6.45, 7) is -0.716. The third kappa shape index (κ3) is 4.67. The number of nitrogens with one attached hydrogen (secondary N) is 1. The first-order chi connectivity index (χ1) is 8.44. The van der Waals surface area contributed by atoms with Crippen molar-refractivity contribution in [1.29, 1.82) is 0 Å². The molecular formula is C8H13F2N5O3. The highest BCUT2D eigenvalue weighted by Crippen LogP contribution is 2.15. The second-order valence-corrected chi connectivity index (χ2v) is 3.52. The number of nitro groups is 1. The second kappa shape index (κ2) is 6.31. The standard InChI is InChI=1S/C8H13F2N5O3/c1-18-3-2-11-4-8(9,10)5-14-6-12-7(13-14)15(16)17/h6,11H,2-5H2,1H3. The van der Waals surface area contributed by atoms with Crippen molar-refractivity contribution in [2.45, 2.75) is 12.5 Å². The Kier molecular flexibility index (Phi) is 5.04. The van der Waals surface area contributed by atoms with E-state index in [0.717, 1.165) is 11.0 Å². The Balaban J connectivity index is 2.45. The highest BCUT2D eigenvalue weighted by Gasteiger charge is 2.31. The molecule has 1 N–H and O–H groups in total. The number of ether oxygens (including phenoxy) is 1. The second-order valence-electron chi connectivity index (χ2n) is 3.52.